The molecule has 0 amide bonds. The zero-order chi connectivity index (χ0) is 14.8. The van der Waals surface area contributed by atoms with Crippen molar-refractivity contribution in [2.75, 3.05) is 6.61 Å². The summed E-state index contributed by atoms with van der Waals surface area (Å²) in [6.45, 7) is 0.310. The largest absolute Gasteiger partial charge is 0.396 e. The van der Waals surface area contributed by atoms with Crippen molar-refractivity contribution >= 4 is 0 Å². The Bertz CT molecular complexity index is 590. The topological polar surface area (TPSA) is 20.2 Å². The summed E-state index contributed by atoms with van der Waals surface area (Å²) in [6.07, 6.45) is 5.48. The lowest BCUT2D eigenvalue weighted by molar-refractivity contribution is 0.282. The lowest BCUT2D eigenvalue weighted by Crippen LogP contribution is -1.88. The molecule has 1 nitrogen and oxygen atoms in total. The van der Waals surface area contributed by atoms with Crippen molar-refractivity contribution in [1.29, 1.82) is 0 Å². The minimum Gasteiger partial charge on any atom is -0.396 e. The molecule has 0 aliphatic heterocycles. The molecular weight excluding hydrogens is 256 g/mol. The van der Waals surface area contributed by atoms with Gasteiger partial charge in [-0.25, -0.2) is 0 Å². The number of aliphatic hydroxyl groups is 1. The van der Waals surface area contributed by atoms with Crippen LogP contribution in [0.3, 0.4) is 0 Å². The summed E-state index contributed by atoms with van der Waals surface area (Å²) in [7, 11) is 0. The standard InChI is InChI=1S/C20H22O/c21-16-7-2-1-4-11-19-12-8-13-20(17-19)15-14-18-9-5-3-6-10-18/h3,5-6,8-10,12-13,17,21H,1-2,4,7,11,16H2. The van der Waals surface area contributed by atoms with Gasteiger partial charge in [0.15, 0.2) is 0 Å². The molecule has 21 heavy (non-hydrogen) atoms. The van der Waals surface area contributed by atoms with E-state index in [-0.39, 0.29) is 0 Å². The highest BCUT2D eigenvalue weighted by molar-refractivity contribution is 5.43. The van der Waals surface area contributed by atoms with Gasteiger partial charge in [-0.2, -0.15) is 0 Å². The van der Waals surface area contributed by atoms with Crippen molar-refractivity contribution in [3.05, 3.63) is 71.3 Å². The first kappa shape index (κ1) is 15.4. The normalized spacial score (nSPS) is 9.95. The van der Waals surface area contributed by atoms with Gasteiger partial charge in [-0.05, 0) is 49.1 Å². The van der Waals surface area contributed by atoms with E-state index < -0.39 is 0 Å². The molecular formula is C20H22O. The average molecular weight is 278 g/mol. The highest BCUT2D eigenvalue weighted by atomic mass is 16.2. The van der Waals surface area contributed by atoms with Crippen LogP contribution in [-0.4, -0.2) is 11.7 Å². The fourth-order valence-corrected chi connectivity index (χ4v) is 2.26. The van der Waals surface area contributed by atoms with Crippen molar-refractivity contribution in [3.8, 4) is 11.8 Å². The Morgan fingerprint density at radius 2 is 1.43 bits per heavy atom. The number of hydrogen-bond acceptors (Lipinski definition) is 1. The number of aliphatic hydroxyl groups excluding tert-OH is 1. The van der Waals surface area contributed by atoms with Gasteiger partial charge in [0.25, 0.3) is 0 Å². The van der Waals surface area contributed by atoms with E-state index in [0.717, 1.165) is 30.4 Å². The zero-order valence-corrected chi connectivity index (χ0v) is 12.4. The fourth-order valence-electron chi connectivity index (χ4n) is 2.26. The summed E-state index contributed by atoms with van der Waals surface area (Å²) in [6, 6.07) is 18.6. The second-order valence-corrected chi connectivity index (χ2v) is 5.20. The Kier molecular flexibility index (Phi) is 6.58. The highest BCUT2D eigenvalue weighted by Gasteiger charge is 1.95. The van der Waals surface area contributed by atoms with E-state index >= 15 is 0 Å². The Morgan fingerprint density at radius 1 is 0.714 bits per heavy atom. The molecule has 108 valence electrons. The summed E-state index contributed by atoms with van der Waals surface area (Å²) in [4.78, 5) is 0. The molecule has 0 aliphatic rings. The van der Waals surface area contributed by atoms with E-state index in [1.807, 2.05) is 30.3 Å². The summed E-state index contributed by atoms with van der Waals surface area (Å²) in [5.74, 6) is 6.42. The Morgan fingerprint density at radius 3 is 2.24 bits per heavy atom. The lowest BCUT2D eigenvalue weighted by Gasteiger charge is -2.02. The van der Waals surface area contributed by atoms with Gasteiger partial charge in [0.2, 0.25) is 0 Å². The first-order chi connectivity index (χ1) is 10.4. The molecule has 0 aromatic heterocycles. The van der Waals surface area contributed by atoms with E-state index in [0.29, 0.717) is 6.61 Å². The van der Waals surface area contributed by atoms with E-state index in [4.69, 9.17) is 5.11 Å². The molecule has 0 radical (unpaired) electrons. The van der Waals surface area contributed by atoms with Gasteiger partial charge in [0, 0.05) is 17.7 Å². The predicted molar refractivity (Wildman–Crippen MR) is 88.1 cm³/mol. The molecule has 0 bridgehead atoms. The highest BCUT2D eigenvalue weighted by Crippen LogP contribution is 2.10. The second-order valence-electron chi connectivity index (χ2n) is 5.20. The van der Waals surface area contributed by atoms with Crippen LogP contribution in [0, 0.1) is 11.8 Å². The maximum Gasteiger partial charge on any atom is 0.0431 e. The second kappa shape index (κ2) is 9.00. The van der Waals surface area contributed by atoms with Crippen LogP contribution in [0.25, 0.3) is 0 Å². The molecule has 0 saturated heterocycles. The number of benzene rings is 2. The minimum atomic E-state index is 0.310. The molecule has 1 N–H and O–H groups in total. The van der Waals surface area contributed by atoms with Crippen LogP contribution < -0.4 is 0 Å². The third-order valence-electron chi connectivity index (χ3n) is 3.43. The molecule has 2 aromatic carbocycles. The molecule has 0 spiro atoms. The Hall–Kier alpha value is -2.04. The van der Waals surface area contributed by atoms with Gasteiger partial charge in [-0.15, -0.1) is 0 Å². The molecule has 0 heterocycles. The van der Waals surface area contributed by atoms with Crippen molar-refractivity contribution in [1.82, 2.24) is 0 Å². The van der Waals surface area contributed by atoms with Gasteiger partial charge in [0.05, 0.1) is 0 Å². The Balaban J connectivity index is 1.91. The van der Waals surface area contributed by atoms with Gasteiger partial charge < -0.3 is 5.11 Å². The first-order valence-electron chi connectivity index (χ1n) is 7.65. The van der Waals surface area contributed by atoms with Gasteiger partial charge in [-0.3, -0.25) is 0 Å². The SMILES string of the molecule is OCCCCCCc1cccc(C#Cc2ccccc2)c1. The molecule has 0 unspecified atom stereocenters. The summed E-state index contributed by atoms with van der Waals surface area (Å²) in [5, 5.41) is 8.76. The summed E-state index contributed by atoms with van der Waals surface area (Å²) >= 11 is 0. The van der Waals surface area contributed by atoms with Gasteiger partial charge in [-0.1, -0.05) is 55.0 Å². The Labute approximate surface area is 127 Å². The predicted octanol–water partition coefficient (Wildman–Crippen LogP) is 4.18. The van der Waals surface area contributed by atoms with E-state index in [2.05, 4.69) is 36.1 Å². The van der Waals surface area contributed by atoms with Crippen molar-refractivity contribution in [3.63, 3.8) is 0 Å². The first-order valence-corrected chi connectivity index (χ1v) is 7.65. The average Bonchev–Trinajstić information content (AvgIpc) is 2.54. The van der Waals surface area contributed by atoms with Crippen LogP contribution in [0.15, 0.2) is 54.6 Å². The summed E-state index contributed by atoms with van der Waals surface area (Å²) < 4.78 is 0. The van der Waals surface area contributed by atoms with Gasteiger partial charge in [0.1, 0.15) is 0 Å². The molecule has 2 aromatic rings. The maximum absolute atomic E-state index is 8.76. The van der Waals surface area contributed by atoms with Crippen LogP contribution in [0.4, 0.5) is 0 Å². The van der Waals surface area contributed by atoms with Crippen molar-refractivity contribution in [2.45, 2.75) is 32.1 Å². The van der Waals surface area contributed by atoms with Crippen LogP contribution in [0.2, 0.25) is 0 Å². The van der Waals surface area contributed by atoms with E-state index in [9.17, 15) is 0 Å². The molecule has 0 saturated carbocycles. The van der Waals surface area contributed by atoms with E-state index in [1.165, 1.54) is 18.4 Å². The smallest absolute Gasteiger partial charge is 0.0431 e. The van der Waals surface area contributed by atoms with Crippen LogP contribution >= 0.6 is 0 Å². The molecule has 0 aliphatic carbocycles. The molecule has 2 rings (SSSR count). The number of rotatable bonds is 6. The number of hydrogen-bond donors (Lipinski definition) is 1. The fraction of sp³-hybridized carbons (Fsp3) is 0.300. The number of aryl methyl sites for hydroxylation is 1. The monoisotopic (exact) mass is 278 g/mol. The van der Waals surface area contributed by atoms with Crippen LogP contribution in [0.1, 0.15) is 42.4 Å². The van der Waals surface area contributed by atoms with Crippen molar-refractivity contribution < 1.29 is 5.11 Å². The lowest BCUT2D eigenvalue weighted by atomic mass is 10.0. The number of unbranched alkanes of at least 4 members (excludes halogenated alkanes) is 3. The van der Waals surface area contributed by atoms with Gasteiger partial charge >= 0.3 is 0 Å². The zero-order valence-electron chi connectivity index (χ0n) is 12.4. The quantitative estimate of drug-likeness (QED) is 0.621. The maximum atomic E-state index is 8.76. The molecule has 0 fully saturated rings. The van der Waals surface area contributed by atoms with E-state index in [1.54, 1.807) is 0 Å². The third-order valence-corrected chi connectivity index (χ3v) is 3.43. The van der Waals surface area contributed by atoms with Crippen LogP contribution in [-0.2, 0) is 6.42 Å². The summed E-state index contributed by atoms with van der Waals surface area (Å²) in [5.41, 5.74) is 3.47. The van der Waals surface area contributed by atoms with Crippen LogP contribution in [0.5, 0.6) is 0 Å². The van der Waals surface area contributed by atoms with Crippen molar-refractivity contribution in [2.24, 2.45) is 0 Å². The minimum absolute atomic E-state index is 0.310. The third kappa shape index (κ3) is 5.85. The molecule has 0 atom stereocenters. The molecule has 1 heteroatoms.